The number of hydrogen-bond acceptors (Lipinski definition) is 9. The van der Waals surface area contributed by atoms with E-state index in [-0.39, 0.29) is 5.95 Å². The molecule has 1 aliphatic rings. The average molecular weight is 372 g/mol. The van der Waals surface area contributed by atoms with Crippen molar-refractivity contribution in [1.82, 2.24) is 19.5 Å². The summed E-state index contributed by atoms with van der Waals surface area (Å²) in [5.41, 5.74) is 8.56. The Hall–Kier alpha value is -2.79. The summed E-state index contributed by atoms with van der Waals surface area (Å²) in [6.07, 6.45) is -2.89. The molecule has 1 aliphatic heterocycles. The highest BCUT2D eigenvalue weighted by atomic mass is 16.6. The van der Waals surface area contributed by atoms with E-state index in [9.17, 15) is 15.3 Å². The second-order valence-corrected chi connectivity index (χ2v) is 6.47. The highest BCUT2D eigenvalue weighted by Gasteiger charge is 2.44. The molecule has 10 heteroatoms. The van der Waals surface area contributed by atoms with Crippen molar-refractivity contribution < 1.29 is 20.1 Å². The number of aryl methyl sites for hydroxylation is 1. The van der Waals surface area contributed by atoms with Crippen LogP contribution in [0.2, 0.25) is 0 Å². The molecule has 10 nitrogen and oxygen atoms in total. The summed E-state index contributed by atoms with van der Waals surface area (Å²) < 4.78 is 7.02. The summed E-state index contributed by atoms with van der Waals surface area (Å²) in [5.74, 6) is 0.428. The molecule has 0 saturated carbocycles. The number of ether oxygens (including phenoxy) is 1. The van der Waals surface area contributed by atoms with Crippen molar-refractivity contribution in [3.63, 3.8) is 0 Å². The number of nitrogens with one attached hydrogen (secondary N) is 1. The molecule has 142 valence electrons. The number of hydrogen-bond donors (Lipinski definition) is 5. The maximum Gasteiger partial charge on any atom is 0.224 e. The smallest absolute Gasteiger partial charge is 0.224 e. The van der Waals surface area contributed by atoms with Crippen LogP contribution in [-0.2, 0) is 4.74 Å². The summed E-state index contributed by atoms with van der Waals surface area (Å²) in [6, 6.07) is 7.73. The average Bonchev–Trinajstić information content (AvgIpc) is 3.18. The van der Waals surface area contributed by atoms with Crippen molar-refractivity contribution in [3.8, 4) is 0 Å². The number of rotatable bonds is 4. The number of aliphatic hydroxyl groups excluding tert-OH is 3. The van der Waals surface area contributed by atoms with Gasteiger partial charge in [-0.25, -0.2) is 4.98 Å². The van der Waals surface area contributed by atoms with Crippen LogP contribution in [-0.4, -0.2) is 59.8 Å². The number of fused-ring (bicyclic) bond motifs is 1. The minimum absolute atomic E-state index is 0.0191. The van der Waals surface area contributed by atoms with Crippen LogP contribution in [0.1, 0.15) is 11.8 Å². The van der Waals surface area contributed by atoms with E-state index in [1.165, 1.54) is 10.9 Å². The van der Waals surface area contributed by atoms with Gasteiger partial charge in [0.25, 0.3) is 0 Å². The number of nitrogens with zero attached hydrogens (tertiary/aromatic N) is 4. The highest BCUT2D eigenvalue weighted by molar-refractivity contribution is 5.86. The minimum Gasteiger partial charge on any atom is -0.394 e. The van der Waals surface area contributed by atoms with E-state index >= 15 is 0 Å². The van der Waals surface area contributed by atoms with Crippen LogP contribution in [0.25, 0.3) is 11.2 Å². The zero-order valence-electron chi connectivity index (χ0n) is 14.5. The number of aliphatic hydroxyl groups is 3. The predicted molar refractivity (Wildman–Crippen MR) is 97.2 cm³/mol. The topological polar surface area (TPSA) is 152 Å². The van der Waals surface area contributed by atoms with E-state index in [0.29, 0.717) is 17.0 Å². The molecule has 2 aromatic heterocycles. The number of anilines is 3. The largest absolute Gasteiger partial charge is 0.394 e. The first-order valence-corrected chi connectivity index (χ1v) is 8.44. The van der Waals surface area contributed by atoms with E-state index < -0.39 is 31.1 Å². The summed E-state index contributed by atoms with van der Waals surface area (Å²) in [5, 5.41) is 32.7. The van der Waals surface area contributed by atoms with Crippen LogP contribution in [0, 0.1) is 6.92 Å². The molecule has 0 radical (unpaired) electrons. The van der Waals surface area contributed by atoms with Gasteiger partial charge in [0.05, 0.1) is 12.9 Å². The van der Waals surface area contributed by atoms with Crippen LogP contribution in [0.15, 0.2) is 30.6 Å². The van der Waals surface area contributed by atoms with E-state index in [4.69, 9.17) is 10.5 Å². The third kappa shape index (κ3) is 3.08. The first-order chi connectivity index (χ1) is 13.0. The monoisotopic (exact) mass is 372 g/mol. The van der Waals surface area contributed by atoms with Crippen molar-refractivity contribution in [2.24, 2.45) is 0 Å². The van der Waals surface area contributed by atoms with Gasteiger partial charge in [-0.3, -0.25) is 4.57 Å². The predicted octanol–water partition coefficient (Wildman–Crippen LogP) is 0.0720. The number of benzene rings is 1. The Morgan fingerprint density at radius 3 is 2.59 bits per heavy atom. The van der Waals surface area contributed by atoms with E-state index in [1.54, 1.807) is 0 Å². The van der Waals surface area contributed by atoms with Gasteiger partial charge in [-0.05, 0) is 19.1 Å². The molecular formula is C17H20N6O4. The van der Waals surface area contributed by atoms with Gasteiger partial charge in [-0.1, -0.05) is 17.7 Å². The molecule has 4 atom stereocenters. The number of aromatic nitrogens is 4. The molecule has 0 bridgehead atoms. The second kappa shape index (κ2) is 6.74. The lowest BCUT2D eigenvalue weighted by Crippen LogP contribution is -2.33. The summed E-state index contributed by atoms with van der Waals surface area (Å²) >= 11 is 0. The molecule has 1 saturated heterocycles. The zero-order valence-corrected chi connectivity index (χ0v) is 14.5. The Morgan fingerprint density at radius 2 is 1.93 bits per heavy atom. The summed E-state index contributed by atoms with van der Waals surface area (Å²) in [7, 11) is 0. The highest BCUT2D eigenvalue weighted by Crippen LogP contribution is 2.33. The van der Waals surface area contributed by atoms with Crippen LogP contribution in [0.4, 0.5) is 17.5 Å². The number of nitrogens with two attached hydrogens (primary N) is 1. The van der Waals surface area contributed by atoms with Gasteiger partial charge in [-0.2, -0.15) is 9.97 Å². The molecule has 0 spiro atoms. The molecule has 3 heterocycles. The van der Waals surface area contributed by atoms with E-state index in [0.717, 1.165) is 11.3 Å². The SMILES string of the molecule is Cc1ccc(Nc2nc(N)nc3c2ncn3[C@H]2O[C@@H](CO)[C@@H](O)[C@@H]2O)cc1. The van der Waals surface area contributed by atoms with Crippen LogP contribution >= 0.6 is 0 Å². The van der Waals surface area contributed by atoms with Crippen LogP contribution in [0.3, 0.4) is 0 Å². The van der Waals surface area contributed by atoms with E-state index in [2.05, 4.69) is 20.3 Å². The fourth-order valence-electron chi connectivity index (χ4n) is 3.09. The molecule has 0 aliphatic carbocycles. The standard InChI is InChI=1S/C17H20N6O4/c1-8-2-4-9(5-3-8)20-14-11-15(22-17(18)21-14)23(7-19-11)16-13(26)12(25)10(6-24)27-16/h2-5,7,10,12-13,16,24-26H,6H2,1H3,(H3,18,20,21,22)/t10-,12+,13-,16-/m0/s1. The lowest BCUT2D eigenvalue weighted by atomic mass is 10.1. The first-order valence-electron chi connectivity index (χ1n) is 8.44. The number of nitrogen functional groups attached to an aromatic ring is 1. The molecule has 27 heavy (non-hydrogen) atoms. The fraction of sp³-hybridized carbons (Fsp3) is 0.353. The van der Waals surface area contributed by atoms with Gasteiger partial charge in [-0.15, -0.1) is 0 Å². The molecule has 1 fully saturated rings. The molecule has 6 N–H and O–H groups in total. The van der Waals surface area contributed by atoms with Gasteiger partial charge >= 0.3 is 0 Å². The molecule has 0 amide bonds. The maximum atomic E-state index is 10.3. The third-order valence-corrected chi connectivity index (χ3v) is 4.54. The molecular weight excluding hydrogens is 352 g/mol. The lowest BCUT2D eigenvalue weighted by molar-refractivity contribution is -0.0511. The van der Waals surface area contributed by atoms with Gasteiger partial charge in [0.15, 0.2) is 23.2 Å². The Labute approximate surface area is 154 Å². The maximum absolute atomic E-state index is 10.3. The van der Waals surface area contributed by atoms with Crippen LogP contribution < -0.4 is 11.1 Å². The molecule has 4 rings (SSSR count). The van der Waals surface area contributed by atoms with Gasteiger partial charge < -0.3 is 31.1 Å². The Kier molecular flexibility index (Phi) is 4.40. The summed E-state index contributed by atoms with van der Waals surface area (Å²) in [4.78, 5) is 12.7. The van der Waals surface area contributed by atoms with Crippen molar-refractivity contribution in [2.75, 3.05) is 17.7 Å². The summed E-state index contributed by atoms with van der Waals surface area (Å²) in [6.45, 7) is 1.58. The van der Waals surface area contributed by atoms with Crippen molar-refractivity contribution in [3.05, 3.63) is 36.2 Å². The number of imidazole rings is 1. The Morgan fingerprint density at radius 1 is 1.19 bits per heavy atom. The molecule has 0 unspecified atom stereocenters. The molecule has 1 aromatic carbocycles. The van der Waals surface area contributed by atoms with E-state index in [1.807, 2.05) is 31.2 Å². The van der Waals surface area contributed by atoms with Gasteiger partial charge in [0.2, 0.25) is 5.95 Å². The quantitative estimate of drug-likeness (QED) is 0.428. The van der Waals surface area contributed by atoms with Crippen LogP contribution in [0.5, 0.6) is 0 Å². The normalized spacial score (nSPS) is 25.2. The Balaban J connectivity index is 1.73. The van der Waals surface area contributed by atoms with Gasteiger partial charge in [0.1, 0.15) is 18.3 Å². The minimum atomic E-state index is -1.25. The van der Waals surface area contributed by atoms with Crippen molar-refractivity contribution in [1.29, 1.82) is 0 Å². The first kappa shape index (κ1) is 17.6. The Bertz CT molecular complexity index is 960. The lowest BCUT2D eigenvalue weighted by Gasteiger charge is -2.16. The molecule has 3 aromatic rings. The van der Waals surface area contributed by atoms with Crippen molar-refractivity contribution in [2.45, 2.75) is 31.5 Å². The van der Waals surface area contributed by atoms with Crippen molar-refractivity contribution >= 4 is 28.6 Å². The fourth-order valence-corrected chi connectivity index (χ4v) is 3.09. The zero-order chi connectivity index (χ0) is 19.1. The van der Waals surface area contributed by atoms with Gasteiger partial charge in [0, 0.05) is 5.69 Å². The third-order valence-electron chi connectivity index (χ3n) is 4.54. The second-order valence-electron chi connectivity index (χ2n) is 6.47.